The Morgan fingerprint density at radius 2 is 2.00 bits per heavy atom. The summed E-state index contributed by atoms with van der Waals surface area (Å²) in [6, 6.07) is 7.09. The Hall–Kier alpha value is -2.79. The number of carbonyl (C=O) groups excluding carboxylic acids is 1. The number of thiophene rings is 1. The number of nitrogens with one attached hydrogen (secondary N) is 2. The Morgan fingerprint density at radius 1 is 1.31 bits per heavy atom. The summed E-state index contributed by atoms with van der Waals surface area (Å²) in [7, 11) is 3.17. The summed E-state index contributed by atoms with van der Waals surface area (Å²) in [4.78, 5) is 16.3. The van der Waals surface area contributed by atoms with Gasteiger partial charge in [0.2, 0.25) is 0 Å². The zero-order valence-electron chi connectivity index (χ0n) is 18.7. The van der Waals surface area contributed by atoms with Gasteiger partial charge in [0.1, 0.15) is 5.69 Å². The quantitative estimate of drug-likeness (QED) is 0.314. The standard InChI is InChI=1S/C21H26BrN5O4S/c1-11-7-10-14(32-11)17(21(2,3)4)24-18-19(27(30)31-25-18)23-13-9-8-12(22)15(16(13)28)20(29)26(5)6/h7-10,17,23,28H,1-6H3,(H,24,25)/t17-/m0/s1. The van der Waals surface area contributed by atoms with Crippen LogP contribution < -0.4 is 15.5 Å². The Labute approximate surface area is 198 Å². The molecule has 0 aliphatic carbocycles. The number of phenolic OH excluding ortho intramolecular Hbond substituents is 1. The molecule has 1 aromatic carbocycles. The molecular formula is C21H26BrN5O4S. The highest BCUT2D eigenvalue weighted by Gasteiger charge is 2.32. The van der Waals surface area contributed by atoms with Crippen molar-refractivity contribution in [3.05, 3.63) is 49.3 Å². The summed E-state index contributed by atoms with van der Waals surface area (Å²) >= 11 is 4.95. The van der Waals surface area contributed by atoms with Gasteiger partial charge in [-0.1, -0.05) is 25.7 Å². The van der Waals surface area contributed by atoms with Crippen LogP contribution in [0.15, 0.2) is 33.4 Å². The number of carbonyl (C=O) groups is 1. The fourth-order valence-electron chi connectivity index (χ4n) is 3.13. The zero-order chi connectivity index (χ0) is 23.8. The van der Waals surface area contributed by atoms with Gasteiger partial charge >= 0.3 is 5.82 Å². The Balaban J connectivity index is 1.98. The second-order valence-electron chi connectivity index (χ2n) is 8.66. The van der Waals surface area contributed by atoms with Crippen LogP contribution in [0.3, 0.4) is 0 Å². The molecule has 0 aliphatic heterocycles. The van der Waals surface area contributed by atoms with E-state index >= 15 is 0 Å². The van der Waals surface area contributed by atoms with Crippen molar-refractivity contribution in [3.63, 3.8) is 0 Å². The second kappa shape index (κ2) is 8.99. The molecule has 0 saturated heterocycles. The van der Waals surface area contributed by atoms with E-state index in [1.807, 2.05) is 19.1 Å². The Bertz CT molecular complexity index is 1140. The van der Waals surface area contributed by atoms with Crippen LogP contribution in [-0.2, 0) is 0 Å². The smallest absolute Gasteiger partial charge is 0.324 e. The summed E-state index contributed by atoms with van der Waals surface area (Å²) in [6.45, 7) is 8.28. The number of phenols is 1. The number of aromatic hydroxyl groups is 1. The summed E-state index contributed by atoms with van der Waals surface area (Å²) in [6.07, 6.45) is 0. The minimum Gasteiger partial charge on any atom is -0.504 e. The molecule has 0 unspecified atom stereocenters. The van der Waals surface area contributed by atoms with Crippen molar-refractivity contribution in [2.45, 2.75) is 33.7 Å². The van der Waals surface area contributed by atoms with Gasteiger partial charge in [0, 0.05) is 28.3 Å². The number of nitrogens with zero attached hydrogens (tertiary/aromatic N) is 3. The van der Waals surface area contributed by atoms with Gasteiger partial charge in [-0.05, 0) is 57.7 Å². The van der Waals surface area contributed by atoms with E-state index in [0.717, 1.165) is 4.88 Å². The lowest BCUT2D eigenvalue weighted by Gasteiger charge is -2.30. The molecule has 0 radical (unpaired) electrons. The van der Waals surface area contributed by atoms with E-state index < -0.39 is 5.91 Å². The van der Waals surface area contributed by atoms with Crippen molar-refractivity contribution in [2.24, 2.45) is 5.41 Å². The third-order valence-corrected chi connectivity index (χ3v) is 6.53. The molecule has 32 heavy (non-hydrogen) atoms. The molecule has 1 amide bonds. The van der Waals surface area contributed by atoms with E-state index in [-0.39, 0.29) is 45.0 Å². The Kier molecular flexibility index (Phi) is 6.70. The van der Waals surface area contributed by atoms with Crippen molar-refractivity contribution < 1.29 is 19.4 Å². The maximum atomic E-state index is 12.5. The zero-order valence-corrected chi connectivity index (χ0v) is 21.1. The second-order valence-corrected chi connectivity index (χ2v) is 10.8. The highest BCUT2D eigenvalue weighted by atomic mass is 79.9. The van der Waals surface area contributed by atoms with E-state index in [4.69, 9.17) is 4.63 Å². The van der Waals surface area contributed by atoms with Crippen LogP contribution in [-0.4, -0.2) is 35.2 Å². The molecule has 2 heterocycles. The van der Waals surface area contributed by atoms with Crippen molar-refractivity contribution in [1.29, 1.82) is 0 Å². The predicted octanol–water partition coefficient (Wildman–Crippen LogP) is 4.79. The van der Waals surface area contributed by atoms with E-state index in [1.54, 1.807) is 37.6 Å². The maximum absolute atomic E-state index is 12.5. The van der Waals surface area contributed by atoms with Gasteiger partial charge in [0.05, 0.1) is 11.6 Å². The molecule has 0 spiro atoms. The van der Waals surface area contributed by atoms with Crippen LogP contribution in [0.1, 0.15) is 46.9 Å². The molecule has 3 N–H and O–H groups in total. The molecule has 2 aromatic heterocycles. The summed E-state index contributed by atoms with van der Waals surface area (Å²) < 4.78 is 5.25. The van der Waals surface area contributed by atoms with Gasteiger partial charge in [0.25, 0.3) is 11.7 Å². The number of hydrogen-bond donors (Lipinski definition) is 3. The first kappa shape index (κ1) is 23.9. The average molecular weight is 524 g/mol. The number of benzene rings is 1. The van der Waals surface area contributed by atoms with Gasteiger partial charge in [-0.3, -0.25) is 10.1 Å². The van der Waals surface area contributed by atoms with Gasteiger partial charge in [-0.2, -0.15) is 0 Å². The fourth-order valence-corrected chi connectivity index (χ4v) is 4.79. The molecule has 11 heteroatoms. The van der Waals surface area contributed by atoms with Crippen molar-refractivity contribution in [2.75, 3.05) is 24.7 Å². The first-order valence-electron chi connectivity index (χ1n) is 9.83. The highest BCUT2D eigenvalue weighted by molar-refractivity contribution is 9.10. The van der Waals surface area contributed by atoms with Crippen LogP contribution in [0.25, 0.3) is 0 Å². The molecule has 0 fully saturated rings. The van der Waals surface area contributed by atoms with E-state index in [0.29, 0.717) is 4.47 Å². The lowest BCUT2D eigenvalue weighted by atomic mass is 9.86. The number of halogens is 1. The molecule has 172 valence electrons. The number of rotatable bonds is 6. The predicted molar refractivity (Wildman–Crippen MR) is 127 cm³/mol. The summed E-state index contributed by atoms with van der Waals surface area (Å²) in [5.74, 6) is -0.536. The largest absolute Gasteiger partial charge is 0.504 e. The molecule has 0 aliphatic rings. The molecule has 3 rings (SSSR count). The van der Waals surface area contributed by atoms with Gasteiger partial charge in [-0.15, -0.1) is 11.3 Å². The third-order valence-electron chi connectivity index (χ3n) is 4.81. The van der Waals surface area contributed by atoms with Crippen molar-refractivity contribution in [3.8, 4) is 5.75 Å². The lowest BCUT2D eigenvalue weighted by molar-refractivity contribution is -0.790. The van der Waals surface area contributed by atoms with Gasteiger partial charge in [0.15, 0.2) is 5.75 Å². The summed E-state index contributed by atoms with van der Waals surface area (Å²) in [5, 5.41) is 33.1. The monoisotopic (exact) mass is 523 g/mol. The van der Waals surface area contributed by atoms with E-state index in [9.17, 15) is 15.1 Å². The number of hydrogen-bond acceptors (Lipinski definition) is 8. The van der Waals surface area contributed by atoms with Gasteiger partial charge in [-0.25, -0.2) is 0 Å². The van der Waals surface area contributed by atoms with Crippen LogP contribution in [0, 0.1) is 17.5 Å². The first-order valence-corrected chi connectivity index (χ1v) is 11.4. The minimum atomic E-state index is -0.391. The van der Waals surface area contributed by atoms with Crippen LogP contribution in [0.5, 0.6) is 5.75 Å². The van der Waals surface area contributed by atoms with Crippen LogP contribution in [0.4, 0.5) is 17.3 Å². The van der Waals surface area contributed by atoms with Crippen LogP contribution in [0.2, 0.25) is 0 Å². The van der Waals surface area contributed by atoms with Gasteiger partial charge < -0.3 is 25.2 Å². The van der Waals surface area contributed by atoms with Crippen molar-refractivity contribution in [1.82, 2.24) is 10.1 Å². The highest BCUT2D eigenvalue weighted by Crippen LogP contribution is 2.41. The van der Waals surface area contributed by atoms with E-state index in [2.05, 4.69) is 52.5 Å². The lowest BCUT2D eigenvalue weighted by Crippen LogP contribution is -2.29. The SMILES string of the molecule is Cc1ccc([C@H](Nc2no[n+]([O-])c2Nc2ccc(Br)c(C(=O)N(C)C)c2O)C(C)(C)C)s1. The summed E-state index contributed by atoms with van der Waals surface area (Å²) in [5.41, 5.74) is 0.0327. The van der Waals surface area contributed by atoms with Crippen LogP contribution >= 0.6 is 27.3 Å². The van der Waals surface area contributed by atoms with Crippen molar-refractivity contribution >= 4 is 50.5 Å². The number of anilines is 3. The first-order chi connectivity index (χ1) is 14.9. The number of aromatic nitrogens is 2. The molecule has 3 aromatic rings. The number of aryl methyl sites for hydroxylation is 1. The average Bonchev–Trinajstić information content (AvgIpc) is 3.26. The molecule has 0 saturated carbocycles. The minimum absolute atomic E-state index is 0.0339. The molecular weight excluding hydrogens is 498 g/mol. The number of amides is 1. The molecule has 9 nitrogen and oxygen atoms in total. The third kappa shape index (κ3) is 4.83. The topological polar surface area (TPSA) is 118 Å². The normalized spacial score (nSPS) is 12.5. The maximum Gasteiger partial charge on any atom is 0.324 e. The molecule has 1 atom stereocenters. The Morgan fingerprint density at radius 3 is 2.56 bits per heavy atom. The fraction of sp³-hybridized carbons (Fsp3) is 0.381. The van der Waals surface area contributed by atoms with E-state index in [1.165, 1.54) is 9.78 Å². The molecule has 0 bridgehead atoms.